The third-order valence-electron chi connectivity index (χ3n) is 5.13. The van der Waals surface area contributed by atoms with Gasteiger partial charge in [0.05, 0.1) is 19.1 Å². The second-order valence-corrected chi connectivity index (χ2v) is 7.57. The number of rotatable bonds is 8. The number of nitrogens with zero attached hydrogens (tertiary/aromatic N) is 1. The summed E-state index contributed by atoms with van der Waals surface area (Å²) < 4.78 is 50.9. The number of methoxy groups -OCH3 is 1. The van der Waals surface area contributed by atoms with Gasteiger partial charge in [0.15, 0.2) is 0 Å². The van der Waals surface area contributed by atoms with Crippen molar-refractivity contribution >= 4 is 12.1 Å². The zero-order chi connectivity index (χ0) is 23.5. The number of carbonyl (C=O) groups excluding carboxylic acids is 1. The fraction of sp³-hybridized carbons (Fsp3) is 0.391. The van der Waals surface area contributed by atoms with Crippen molar-refractivity contribution in [2.75, 3.05) is 13.7 Å². The SMILES string of the molecule is CCN(Cc1cc(C(F)(F)F)ccc1-c1cc(CC(=O)O)ccc1OC)C(=O)OC1CC1. The highest BCUT2D eigenvalue weighted by atomic mass is 19.4. The van der Waals surface area contributed by atoms with Crippen molar-refractivity contribution in [3.05, 3.63) is 53.1 Å². The maximum atomic E-state index is 13.4. The number of carboxylic acids is 1. The molecule has 32 heavy (non-hydrogen) atoms. The molecule has 0 unspecified atom stereocenters. The lowest BCUT2D eigenvalue weighted by Crippen LogP contribution is -2.31. The Morgan fingerprint density at radius 3 is 2.41 bits per heavy atom. The fourth-order valence-corrected chi connectivity index (χ4v) is 3.33. The number of carboxylic acid groups (broad SMARTS) is 1. The van der Waals surface area contributed by atoms with E-state index >= 15 is 0 Å². The Morgan fingerprint density at radius 1 is 1.12 bits per heavy atom. The summed E-state index contributed by atoms with van der Waals surface area (Å²) in [5.41, 5.74) is 0.740. The maximum absolute atomic E-state index is 13.4. The molecule has 0 bridgehead atoms. The summed E-state index contributed by atoms with van der Waals surface area (Å²) in [6.45, 7) is 1.86. The van der Waals surface area contributed by atoms with Crippen molar-refractivity contribution in [1.82, 2.24) is 4.90 Å². The molecule has 0 aromatic heterocycles. The van der Waals surface area contributed by atoms with Gasteiger partial charge in [-0.15, -0.1) is 0 Å². The van der Waals surface area contributed by atoms with Crippen molar-refractivity contribution in [3.63, 3.8) is 0 Å². The van der Waals surface area contributed by atoms with Gasteiger partial charge in [-0.3, -0.25) is 4.79 Å². The van der Waals surface area contributed by atoms with Gasteiger partial charge < -0.3 is 19.5 Å². The molecule has 1 N–H and O–H groups in total. The molecule has 2 aromatic rings. The minimum atomic E-state index is -4.56. The summed E-state index contributed by atoms with van der Waals surface area (Å²) >= 11 is 0. The number of benzene rings is 2. The summed E-state index contributed by atoms with van der Waals surface area (Å²) in [6.07, 6.45) is -3.96. The number of aliphatic carboxylic acids is 1. The molecule has 6 nitrogen and oxygen atoms in total. The third kappa shape index (κ3) is 5.72. The maximum Gasteiger partial charge on any atom is 0.416 e. The summed E-state index contributed by atoms with van der Waals surface area (Å²) in [4.78, 5) is 24.9. The van der Waals surface area contributed by atoms with Gasteiger partial charge in [-0.25, -0.2) is 4.79 Å². The first kappa shape index (κ1) is 23.4. The Morgan fingerprint density at radius 2 is 1.84 bits per heavy atom. The van der Waals surface area contributed by atoms with Gasteiger partial charge in [0.25, 0.3) is 0 Å². The van der Waals surface area contributed by atoms with Gasteiger partial charge in [-0.2, -0.15) is 13.2 Å². The Hall–Kier alpha value is -3.23. The Labute approximate surface area is 183 Å². The van der Waals surface area contributed by atoms with Crippen molar-refractivity contribution in [2.24, 2.45) is 0 Å². The van der Waals surface area contributed by atoms with E-state index in [1.165, 1.54) is 18.1 Å². The minimum Gasteiger partial charge on any atom is -0.496 e. The molecule has 3 rings (SSSR count). The van der Waals surface area contributed by atoms with E-state index in [2.05, 4.69) is 0 Å². The van der Waals surface area contributed by atoms with Gasteiger partial charge in [-0.05, 0) is 60.7 Å². The molecule has 0 spiro atoms. The molecule has 1 aliphatic carbocycles. The van der Waals surface area contributed by atoms with Crippen LogP contribution >= 0.6 is 0 Å². The minimum absolute atomic E-state index is 0.104. The van der Waals surface area contributed by atoms with E-state index in [4.69, 9.17) is 14.6 Å². The summed E-state index contributed by atoms with van der Waals surface area (Å²) in [6, 6.07) is 8.03. The van der Waals surface area contributed by atoms with Crippen LogP contribution in [0, 0.1) is 0 Å². The van der Waals surface area contributed by atoms with Crippen molar-refractivity contribution in [2.45, 2.75) is 45.0 Å². The molecule has 0 aliphatic heterocycles. The number of hydrogen-bond donors (Lipinski definition) is 1. The van der Waals surface area contributed by atoms with Crippen LogP contribution in [0.25, 0.3) is 11.1 Å². The van der Waals surface area contributed by atoms with E-state index in [0.717, 1.165) is 25.0 Å². The molecule has 0 atom stereocenters. The zero-order valence-corrected chi connectivity index (χ0v) is 17.7. The van der Waals surface area contributed by atoms with Crippen molar-refractivity contribution in [3.8, 4) is 16.9 Å². The largest absolute Gasteiger partial charge is 0.496 e. The normalized spacial score (nSPS) is 13.5. The number of halogens is 3. The smallest absolute Gasteiger partial charge is 0.416 e. The molecule has 0 heterocycles. The van der Waals surface area contributed by atoms with Crippen LogP contribution in [0.15, 0.2) is 36.4 Å². The topological polar surface area (TPSA) is 76.1 Å². The zero-order valence-electron chi connectivity index (χ0n) is 17.7. The van der Waals surface area contributed by atoms with Crippen LogP contribution in [0.5, 0.6) is 5.75 Å². The van der Waals surface area contributed by atoms with Gasteiger partial charge in [0.1, 0.15) is 11.9 Å². The molecule has 1 amide bonds. The second kappa shape index (κ2) is 9.50. The first-order valence-corrected chi connectivity index (χ1v) is 10.2. The fourth-order valence-electron chi connectivity index (χ4n) is 3.33. The van der Waals surface area contributed by atoms with Crippen molar-refractivity contribution in [1.29, 1.82) is 0 Å². The van der Waals surface area contributed by atoms with Gasteiger partial charge >= 0.3 is 18.2 Å². The van der Waals surface area contributed by atoms with E-state index in [1.807, 2.05) is 0 Å². The molecular formula is C23H24F3NO5. The van der Waals surface area contributed by atoms with Crippen LogP contribution < -0.4 is 4.74 Å². The average Bonchev–Trinajstić information content (AvgIpc) is 3.54. The van der Waals surface area contributed by atoms with Crippen LogP contribution in [0.1, 0.15) is 36.5 Å². The molecule has 1 fully saturated rings. The van der Waals surface area contributed by atoms with Gasteiger partial charge in [0.2, 0.25) is 0 Å². The molecule has 172 valence electrons. The molecule has 2 aromatic carbocycles. The van der Waals surface area contributed by atoms with Crippen LogP contribution in [0.2, 0.25) is 0 Å². The standard InChI is InChI=1S/C23H24F3NO5/c1-3-27(22(30)32-17-6-7-17)13-15-12-16(23(24,25)26)5-8-18(15)19-10-14(11-21(28)29)4-9-20(19)31-2/h4-5,8-10,12,17H,3,6-7,11,13H2,1-2H3,(H,28,29). The van der Waals surface area contributed by atoms with Crippen LogP contribution in [-0.4, -0.2) is 41.8 Å². The molecule has 9 heteroatoms. The second-order valence-electron chi connectivity index (χ2n) is 7.57. The lowest BCUT2D eigenvalue weighted by molar-refractivity contribution is -0.138. The molecule has 1 aliphatic rings. The number of amides is 1. The summed E-state index contributed by atoms with van der Waals surface area (Å²) in [7, 11) is 1.42. The number of alkyl halides is 3. The third-order valence-corrected chi connectivity index (χ3v) is 5.13. The Balaban J connectivity index is 2.07. The lowest BCUT2D eigenvalue weighted by atomic mass is 9.94. The number of hydrogen-bond acceptors (Lipinski definition) is 4. The first-order valence-electron chi connectivity index (χ1n) is 10.2. The Bertz CT molecular complexity index is 1000. The van der Waals surface area contributed by atoms with Gasteiger partial charge in [0, 0.05) is 18.7 Å². The van der Waals surface area contributed by atoms with Crippen LogP contribution in [0.3, 0.4) is 0 Å². The van der Waals surface area contributed by atoms with Crippen LogP contribution in [-0.2, 0) is 28.7 Å². The van der Waals surface area contributed by atoms with E-state index in [9.17, 15) is 22.8 Å². The number of carbonyl (C=O) groups is 2. The molecule has 1 saturated carbocycles. The Kier molecular flexibility index (Phi) is 6.96. The molecule has 0 radical (unpaired) electrons. The summed E-state index contributed by atoms with van der Waals surface area (Å²) in [5.74, 6) is -0.655. The van der Waals surface area contributed by atoms with E-state index < -0.39 is 23.8 Å². The van der Waals surface area contributed by atoms with E-state index in [-0.39, 0.29) is 31.2 Å². The number of ether oxygens (including phenoxy) is 2. The summed E-state index contributed by atoms with van der Waals surface area (Å²) in [5, 5.41) is 9.11. The monoisotopic (exact) mass is 451 g/mol. The predicted octanol–water partition coefficient (Wildman–Crippen LogP) is 5.13. The lowest BCUT2D eigenvalue weighted by Gasteiger charge is -2.23. The van der Waals surface area contributed by atoms with Crippen molar-refractivity contribution < 1.29 is 37.3 Å². The predicted molar refractivity (Wildman–Crippen MR) is 110 cm³/mol. The van der Waals surface area contributed by atoms with E-state index in [1.54, 1.807) is 25.1 Å². The van der Waals surface area contributed by atoms with Gasteiger partial charge in [-0.1, -0.05) is 12.1 Å². The van der Waals surface area contributed by atoms with E-state index in [0.29, 0.717) is 22.4 Å². The highest BCUT2D eigenvalue weighted by molar-refractivity contribution is 5.77. The van der Waals surface area contributed by atoms with Crippen LogP contribution in [0.4, 0.5) is 18.0 Å². The first-order chi connectivity index (χ1) is 15.1. The highest BCUT2D eigenvalue weighted by Crippen LogP contribution is 2.38. The highest BCUT2D eigenvalue weighted by Gasteiger charge is 2.32. The quantitative estimate of drug-likeness (QED) is 0.602. The average molecular weight is 451 g/mol. The molecular weight excluding hydrogens is 427 g/mol. The molecule has 0 saturated heterocycles.